The molecule has 10 heteroatoms. The second-order valence-electron chi connectivity index (χ2n) is 8.52. The lowest BCUT2D eigenvalue weighted by molar-refractivity contribution is 0.353. The van der Waals surface area contributed by atoms with E-state index >= 15 is 0 Å². The quantitative estimate of drug-likeness (QED) is 0.303. The van der Waals surface area contributed by atoms with E-state index < -0.39 is 0 Å². The molecule has 0 saturated carbocycles. The zero-order valence-corrected chi connectivity index (χ0v) is 23.0. The van der Waals surface area contributed by atoms with Gasteiger partial charge < -0.3 is 29.2 Å². The Labute approximate surface area is 227 Å². The average molecular weight is 543 g/mol. The first-order chi connectivity index (χ1) is 17.6. The van der Waals surface area contributed by atoms with Crippen molar-refractivity contribution in [2.45, 2.75) is 19.4 Å². The first-order valence-electron chi connectivity index (χ1n) is 11.8. The highest BCUT2D eigenvalue weighted by Crippen LogP contribution is 2.37. The van der Waals surface area contributed by atoms with E-state index in [2.05, 4.69) is 33.8 Å². The zero-order valence-electron chi connectivity index (χ0n) is 21.4. The van der Waals surface area contributed by atoms with Gasteiger partial charge in [0.15, 0.2) is 28.8 Å². The van der Waals surface area contributed by atoms with Crippen molar-refractivity contribution in [2.24, 2.45) is 0 Å². The Morgan fingerprint density at radius 1 is 0.865 bits per heavy atom. The number of ether oxygens (including phenoxy) is 4. The van der Waals surface area contributed by atoms with Crippen molar-refractivity contribution in [1.29, 1.82) is 0 Å². The summed E-state index contributed by atoms with van der Waals surface area (Å²) in [4.78, 5) is 12.0. The summed E-state index contributed by atoms with van der Waals surface area (Å²) < 4.78 is 22.9. The second kappa shape index (κ2) is 11.7. The fourth-order valence-corrected chi connectivity index (χ4v) is 5.41. The minimum atomic E-state index is 0. The molecule has 1 aliphatic heterocycles. The molecule has 37 heavy (non-hydrogen) atoms. The number of hydrogen-bond donors (Lipinski definition) is 1. The summed E-state index contributed by atoms with van der Waals surface area (Å²) in [6, 6.07) is 12.2. The van der Waals surface area contributed by atoms with Crippen LogP contribution in [0.15, 0.2) is 41.8 Å². The Balaban J connectivity index is 0.00000320. The van der Waals surface area contributed by atoms with Crippen molar-refractivity contribution in [3.05, 3.63) is 58.5 Å². The van der Waals surface area contributed by atoms with Gasteiger partial charge >= 0.3 is 0 Å². The number of methoxy groups -OCH3 is 4. The average Bonchev–Trinajstić information content (AvgIpc) is 3.40. The van der Waals surface area contributed by atoms with Crippen molar-refractivity contribution in [3.8, 4) is 23.0 Å². The van der Waals surface area contributed by atoms with Crippen LogP contribution in [0.3, 0.4) is 0 Å². The largest absolute Gasteiger partial charge is 0.493 e. The van der Waals surface area contributed by atoms with Gasteiger partial charge in [-0.25, -0.2) is 4.98 Å². The molecule has 1 aliphatic rings. The molecule has 2 aromatic carbocycles. The molecule has 5 rings (SSSR count). The molecule has 0 fully saturated rings. The number of hydrogen-bond acceptors (Lipinski definition) is 9. The predicted octanol–water partition coefficient (Wildman–Crippen LogP) is 5.36. The topological polar surface area (TPSA) is 78.0 Å². The van der Waals surface area contributed by atoms with Crippen LogP contribution in [-0.4, -0.2) is 51.5 Å². The van der Waals surface area contributed by atoms with E-state index in [9.17, 15) is 0 Å². The molecule has 4 aromatic rings. The Bertz CT molecular complexity index is 1380. The number of thiophene rings is 1. The van der Waals surface area contributed by atoms with Crippen molar-refractivity contribution >= 4 is 45.7 Å². The first-order valence-corrected chi connectivity index (χ1v) is 12.7. The van der Waals surface area contributed by atoms with Gasteiger partial charge in [0.1, 0.15) is 0 Å². The van der Waals surface area contributed by atoms with E-state index in [-0.39, 0.29) is 12.4 Å². The molecule has 3 heterocycles. The highest BCUT2D eigenvalue weighted by atomic mass is 35.5. The molecule has 1 N–H and O–H groups in total. The van der Waals surface area contributed by atoms with Gasteiger partial charge in [0, 0.05) is 19.6 Å². The summed E-state index contributed by atoms with van der Waals surface area (Å²) in [6.45, 7) is 2.33. The lowest BCUT2D eigenvalue weighted by atomic mass is 9.99. The second-order valence-corrected chi connectivity index (χ2v) is 9.44. The van der Waals surface area contributed by atoms with Crippen LogP contribution in [0.1, 0.15) is 16.7 Å². The van der Waals surface area contributed by atoms with E-state index in [1.165, 1.54) is 11.1 Å². The number of anilines is 2. The van der Waals surface area contributed by atoms with Crippen LogP contribution in [0.4, 0.5) is 11.8 Å². The Kier molecular flexibility index (Phi) is 8.45. The summed E-state index contributed by atoms with van der Waals surface area (Å²) in [5, 5.41) is 5.49. The summed E-state index contributed by atoms with van der Waals surface area (Å²) in [6.07, 6.45) is 1.72. The maximum atomic E-state index is 5.54. The third kappa shape index (κ3) is 5.47. The molecular weight excluding hydrogens is 512 g/mol. The maximum Gasteiger partial charge on any atom is 0.225 e. The minimum absolute atomic E-state index is 0. The normalized spacial score (nSPS) is 12.5. The van der Waals surface area contributed by atoms with Gasteiger partial charge in [0.25, 0.3) is 0 Å². The van der Waals surface area contributed by atoms with E-state index in [4.69, 9.17) is 28.9 Å². The number of nitrogens with zero attached hydrogens (tertiary/aromatic N) is 3. The minimum Gasteiger partial charge on any atom is -0.493 e. The molecular formula is C27H31ClN4O4S. The molecule has 0 spiro atoms. The van der Waals surface area contributed by atoms with E-state index in [0.29, 0.717) is 12.5 Å². The molecule has 0 bridgehead atoms. The van der Waals surface area contributed by atoms with Gasteiger partial charge in [-0.2, -0.15) is 4.98 Å². The van der Waals surface area contributed by atoms with Crippen LogP contribution in [0.25, 0.3) is 10.2 Å². The van der Waals surface area contributed by atoms with Gasteiger partial charge in [-0.3, -0.25) is 0 Å². The van der Waals surface area contributed by atoms with Crippen LogP contribution in [0.5, 0.6) is 23.0 Å². The van der Waals surface area contributed by atoms with Crippen LogP contribution >= 0.6 is 23.7 Å². The summed E-state index contributed by atoms with van der Waals surface area (Å²) >= 11 is 1.67. The SMILES string of the molecule is COc1ccc(CCNc2nc(N3CCc4cc(OC)c(OC)cc4C3)c3sccc3n2)cc1OC.Cl. The number of rotatable bonds is 9. The molecule has 0 atom stereocenters. The van der Waals surface area contributed by atoms with Crippen molar-refractivity contribution in [1.82, 2.24) is 9.97 Å². The van der Waals surface area contributed by atoms with Gasteiger partial charge in [-0.1, -0.05) is 6.07 Å². The summed E-state index contributed by atoms with van der Waals surface area (Å²) in [5.74, 6) is 4.57. The van der Waals surface area contributed by atoms with Crippen LogP contribution in [0, 0.1) is 0 Å². The molecule has 0 unspecified atom stereocenters. The lowest BCUT2D eigenvalue weighted by Crippen LogP contribution is -2.31. The highest BCUT2D eigenvalue weighted by molar-refractivity contribution is 7.17. The molecule has 0 aliphatic carbocycles. The van der Waals surface area contributed by atoms with Gasteiger partial charge in [0.2, 0.25) is 5.95 Å². The fourth-order valence-electron chi connectivity index (χ4n) is 4.56. The molecule has 2 aromatic heterocycles. The molecule has 0 saturated heterocycles. The van der Waals surface area contributed by atoms with Gasteiger partial charge in [-0.05, 0) is 65.2 Å². The number of benzene rings is 2. The Morgan fingerprint density at radius 3 is 2.30 bits per heavy atom. The Hall–Kier alpha value is -3.43. The van der Waals surface area contributed by atoms with Gasteiger partial charge in [-0.15, -0.1) is 23.7 Å². The fraction of sp³-hybridized carbons (Fsp3) is 0.333. The first kappa shape index (κ1) is 26.6. The van der Waals surface area contributed by atoms with E-state index in [1.807, 2.05) is 18.2 Å². The predicted molar refractivity (Wildman–Crippen MR) is 151 cm³/mol. The van der Waals surface area contributed by atoms with E-state index in [0.717, 1.165) is 70.5 Å². The molecule has 0 radical (unpaired) electrons. The number of fused-ring (bicyclic) bond motifs is 2. The maximum absolute atomic E-state index is 5.54. The van der Waals surface area contributed by atoms with Gasteiger partial charge in [0.05, 0.1) is 38.7 Å². The van der Waals surface area contributed by atoms with Crippen molar-refractivity contribution < 1.29 is 18.9 Å². The summed E-state index contributed by atoms with van der Waals surface area (Å²) in [5.41, 5.74) is 4.62. The molecule has 196 valence electrons. The smallest absolute Gasteiger partial charge is 0.225 e. The standard InChI is InChI=1S/C27H30N4O4S.ClH/c1-32-21-6-5-17(13-22(21)33-2)7-10-28-27-29-20-9-12-36-25(20)26(30-27)31-11-8-18-14-23(34-3)24(35-4)15-19(18)16-31;/h5-6,9,12-15H,7-8,10-11,16H2,1-4H3,(H,28,29,30);1H. The summed E-state index contributed by atoms with van der Waals surface area (Å²) in [7, 11) is 6.64. The van der Waals surface area contributed by atoms with Crippen LogP contribution in [0.2, 0.25) is 0 Å². The molecule has 0 amide bonds. The number of halogens is 1. The number of aromatic nitrogens is 2. The number of nitrogens with one attached hydrogen (secondary N) is 1. The third-order valence-electron chi connectivity index (χ3n) is 6.45. The Morgan fingerprint density at radius 2 is 1.57 bits per heavy atom. The van der Waals surface area contributed by atoms with Crippen molar-refractivity contribution in [2.75, 3.05) is 51.7 Å². The van der Waals surface area contributed by atoms with Crippen molar-refractivity contribution in [3.63, 3.8) is 0 Å². The highest BCUT2D eigenvalue weighted by Gasteiger charge is 2.23. The third-order valence-corrected chi connectivity index (χ3v) is 7.35. The lowest BCUT2D eigenvalue weighted by Gasteiger charge is -2.31. The monoisotopic (exact) mass is 542 g/mol. The zero-order chi connectivity index (χ0) is 25.1. The van der Waals surface area contributed by atoms with Crippen LogP contribution in [-0.2, 0) is 19.4 Å². The van der Waals surface area contributed by atoms with Crippen LogP contribution < -0.4 is 29.2 Å². The molecule has 8 nitrogen and oxygen atoms in total. The van der Waals surface area contributed by atoms with E-state index in [1.54, 1.807) is 39.8 Å².